The maximum Gasteiger partial charge on any atom is 0.0318 e. The van der Waals surface area contributed by atoms with Gasteiger partial charge in [-0.05, 0) is 49.0 Å². The van der Waals surface area contributed by atoms with Crippen LogP contribution in [0, 0.1) is 29.6 Å². The van der Waals surface area contributed by atoms with Crippen LogP contribution in [0.2, 0.25) is 0 Å². The predicted molar refractivity (Wildman–Crippen MR) is 86.7 cm³/mol. The van der Waals surface area contributed by atoms with Crippen LogP contribution in [0.1, 0.15) is 12.8 Å². The number of rotatable bonds is 0. The van der Waals surface area contributed by atoms with E-state index in [4.69, 9.17) is 0 Å². The fourth-order valence-corrected chi connectivity index (χ4v) is 5.63. The molecule has 21 heavy (non-hydrogen) atoms. The van der Waals surface area contributed by atoms with Crippen molar-refractivity contribution in [2.45, 2.75) is 24.9 Å². The molecule has 0 saturated carbocycles. The third-order valence-electron chi connectivity index (χ3n) is 6.47. The number of hydrogen-bond acceptors (Lipinski definition) is 1. The van der Waals surface area contributed by atoms with Crippen molar-refractivity contribution in [3.8, 4) is 0 Å². The molecule has 5 aliphatic rings. The standard InChI is InChI=1S/C20H23N/c1-2-7-15-14(6-1)12-13-21-19-11-5-10-17(19)16-8-3-4-9-18(16)20(15)21/h1-9,11,14-20H,10,12-13H2. The van der Waals surface area contributed by atoms with Gasteiger partial charge in [-0.2, -0.15) is 0 Å². The summed E-state index contributed by atoms with van der Waals surface area (Å²) in [4.78, 5) is 2.85. The molecular weight excluding hydrogens is 254 g/mol. The highest BCUT2D eigenvalue weighted by atomic mass is 15.2. The summed E-state index contributed by atoms with van der Waals surface area (Å²) in [6.45, 7) is 1.27. The molecule has 108 valence electrons. The average Bonchev–Trinajstić information content (AvgIpc) is 3.04. The molecule has 0 radical (unpaired) electrons. The summed E-state index contributed by atoms with van der Waals surface area (Å²) in [6.07, 6.45) is 26.6. The largest absolute Gasteiger partial charge is 0.292 e. The number of piperidine rings is 2. The van der Waals surface area contributed by atoms with E-state index in [1.807, 2.05) is 0 Å². The molecule has 2 heterocycles. The third-order valence-corrected chi connectivity index (χ3v) is 6.47. The number of fused-ring (bicyclic) bond motifs is 8. The van der Waals surface area contributed by atoms with E-state index >= 15 is 0 Å². The van der Waals surface area contributed by atoms with Crippen molar-refractivity contribution in [3.05, 3.63) is 60.8 Å². The molecule has 2 fully saturated rings. The van der Waals surface area contributed by atoms with Crippen molar-refractivity contribution >= 4 is 0 Å². The summed E-state index contributed by atoms with van der Waals surface area (Å²) < 4.78 is 0. The highest BCUT2D eigenvalue weighted by molar-refractivity contribution is 5.29. The van der Waals surface area contributed by atoms with E-state index in [0.717, 1.165) is 17.8 Å². The van der Waals surface area contributed by atoms with Gasteiger partial charge in [-0.1, -0.05) is 60.8 Å². The van der Waals surface area contributed by atoms with Gasteiger partial charge in [-0.25, -0.2) is 0 Å². The van der Waals surface area contributed by atoms with E-state index in [2.05, 4.69) is 65.7 Å². The van der Waals surface area contributed by atoms with Gasteiger partial charge in [0.1, 0.15) is 0 Å². The van der Waals surface area contributed by atoms with Crippen LogP contribution in [-0.2, 0) is 0 Å². The molecule has 3 aliphatic carbocycles. The van der Waals surface area contributed by atoms with Gasteiger partial charge in [-0.15, -0.1) is 0 Å². The molecule has 2 aliphatic heterocycles. The molecule has 0 spiro atoms. The summed E-state index contributed by atoms with van der Waals surface area (Å²) in [7, 11) is 0. The van der Waals surface area contributed by atoms with Gasteiger partial charge in [-0.3, -0.25) is 4.90 Å². The maximum absolute atomic E-state index is 2.85. The molecule has 0 aromatic carbocycles. The lowest BCUT2D eigenvalue weighted by molar-refractivity contribution is -0.0407. The second-order valence-electron chi connectivity index (χ2n) is 7.27. The minimum atomic E-state index is 0.688. The molecule has 0 amide bonds. The van der Waals surface area contributed by atoms with Crippen LogP contribution in [0.5, 0.6) is 0 Å². The Morgan fingerprint density at radius 3 is 2.43 bits per heavy atom. The fraction of sp³-hybridized carbons (Fsp3) is 0.500. The highest BCUT2D eigenvalue weighted by Crippen LogP contribution is 2.51. The highest BCUT2D eigenvalue weighted by Gasteiger charge is 2.52. The zero-order valence-corrected chi connectivity index (χ0v) is 12.4. The van der Waals surface area contributed by atoms with E-state index in [1.165, 1.54) is 19.4 Å². The molecule has 0 aromatic rings. The monoisotopic (exact) mass is 277 g/mol. The molecule has 7 atom stereocenters. The molecule has 0 bridgehead atoms. The Hall–Kier alpha value is -1.34. The lowest BCUT2D eigenvalue weighted by Crippen LogP contribution is -2.62. The van der Waals surface area contributed by atoms with E-state index in [1.54, 1.807) is 0 Å². The van der Waals surface area contributed by atoms with E-state index in [-0.39, 0.29) is 0 Å². The zero-order chi connectivity index (χ0) is 13.8. The quantitative estimate of drug-likeness (QED) is 0.610. The van der Waals surface area contributed by atoms with Gasteiger partial charge in [0, 0.05) is 12.1 Å². The molecule has 7 unspecified atom stereocenters. The van der Waals surface area contributed by atoms with Crippen molar-refractivity contribution in [1.82, 2.24) is 4.90 Å². The van der Waals surface area contributed by atoms with E-state index in [0.29, 0.717) is 23.9 Å². The van der Waals surface area contributed by atoms with Crippen molar-refractivity contribution in [1.29, 1.82) is 0 Å². The molecule has 2 saturated heterocycles. The van der Waals surface area contributed by atoms with E-state index < -0.39 is 0 Å². The number of hydrogen-bond donors (Lipinski definition) is 0. The zero-order valence-electron chi connectivity index (χ0n) is 12.4. The normalized spacial score (nSPS) is 49.6. The Bertz CT molecular complexity index is 579. The molecule has 1 heteroatoms. The van der Waals surface area contributed by atoms with Gasteiger partial charge in [0.25, 0.3) is 0 Å². The minimum Gasteiger partial charge on any atom is -0.292 e. The molecule has 5 rings (SSSR count). The Morgan fingerprint density at radius 1 is 0.762 bits per heavy atom. The van der Waals surface area contributed by atoms with Crippen LogP contribution in [0.4, 0.5) is 0 Å². The first kappa shape index (κ1) is 12.2. The molecule has 1 nitrogen and oxygen atoms in total. The van der Waals surface area contributed by atoms with Gasteiger partial charge >= 0.3 is 0 Å². The first-order valence-corrected chi connectivity index (χ1v) is 8.56. The SMILES string of the molecule is C1=CC2CCN3C4C=CCC4C4C=CC=CC4C3C2C=C1. The second kappa shape index (κ2) is 4.58. The fourth-order valence-electron chi connectivity index (χ4n) is 5.63. The lowest BCUT2D eigenvalue weighted by atomic mass is 9.61. The van der Waals surface area contributed by atoms with Crippen molar-refractivity contribution in [3.63, 3.8) is 0 Å². The van der Waals surface area contributed by atoms with Crippen LogP contribution < -0.4 is 0 Å². The van der Waals surface area contributed by atoms with E-state index in [9.17, 15) is 0 Å². The Labute approximate surface area is 127 Å². The third kappa shape index (κ3) is 1.67. The number of allylic oxidation sites excluding steroid dienone is 7. The van der Waals surface area contributed by atoms with Crippen molar-refractivity contribution in [2.24, 2.45) is 29.6 Å². The van der Waals surface area contributed by atoms with Gasteiger partial charge in [0.2, 0.25) is 0 Å². The van der Waals surface area contributed by atoms with Gasteiger partial charge in [0.05, 0.1) is 0 Å². The summed E-state index contributed by atoms with van der Waals surface area (Å²) in [5.41, 5.74) is 0. The summed E-state index contributed by atoms with van der Waals surface area (Å²) in [5.74, 6) is 3.74. The smallest absolute Gasteiger partial charge is 0.0318 e. The van der Waals surface area contributed by atoms with Crippen molar-refractivity contribution < 1.29 is 0 Å². The van der Waals surface area contributed by atoms with Gasteiger partial charge in [0.15, 0.2) is 0 Å². The minimum absolute atomic E-state index is 0.688. The first-order chi connectivity index (χ1) is 10.4. The maximum atomic E-state index is 2.85. The van der Waals surface area contributed by atoms with Crippen LogP contribution in [0.15, 0.2) is 60.8 Å². The van der Waals surface area contributed by atoms with Crippen LogP contribution in [-0.4, -0.2) is 23.5 Å². The topological polar surface area (TPSA) is 3.24 Å². The van der Waals surface area contributed by atoms with Crippen LogP contribution >= 0.6 is 0 Å². The Kier molecular flexibility index (Phi) is 2.66. The lowest BCUT2D eigenvalue weighted by Gasteiger charge is -2.57. The number of nitrogens with zero attached hydrogens (tertiary/aromatic N) is 1. The molecular formula is C20H23N. The Balaban J connectivity index is 1.58. The first-order valence-electron chi connectivity index (χ1n) is 8.56. The summed E-state index contributed by atoms with van der Waals surface area (Å²) >= 11 is 0. The molecule has 0 N–H and O–H groups in total. The predicted octanol–water partition coefficient (Wildman–Crippen LogP) is 3.74. The van der Waals surface area contributed by atoms with Gasteiger partial charge < -0.3 is 0 Å². The molecule has 0 aromatic heterocycles. The summed E-state index contributed by atoms with van der Waals surface area (Å²) in [5, 5.41) is 0. The van der Waals surface area contributed by atoms with Crippen molar-refractivity contribution in [2.75, 3.05) is 6.54 Å². The average molecular weight is 277 g/mol. The van der Waals surface area contributed by atoms with Crippen LogP contribution in [0.25, 0.3) is 0 Å². The summed E-state index contributed by atoms with van der Waals surface area (Å²) in [6, 6.07) is 1.38. The Morgan fingerprint density at radius 2 is 1.52 bits per heavy atom. The van der Waals surface area contributed by atoms with Crippen LogP contribution in [0.3, 0.4) is 0 Å². The second-order valence-corrected chi connectivity index (χ2v) is 7.27.